The highest BCUT2D eigenvalue weighted by Crippen LogP contribution is 2.49. The number of nitrogens with zero attached hydrogens (tertiary/aromatic N) is 2. The number of carbonyl (C=O) groups is 2. The summed E-state index contributed by atoms with van der Waals surface area (Å²) in [6.07, 6.45) is 3.21. The van der Waals surface area contributed by atoms with Crippen molar-refractivity contribution in [3.05, 3.63) is 70.2 Å². The molecule has 2 aliphatic heterocycles. The first-order valence-corrected chi connectivity index (χ1v) is 11.8. The topological polar surface area (TPSA) is 40.6 Å². The second kappa shape index (κ2) is 7.98. The van der Waals surface area contributed by atoms with E-state index in [2.05, 4.69) is 31.2 Å². The minimum absolute atomic E-state index is 0.0768. The Morgan fingerprint density at radius 2 is 1.74 bits per heavy atom. The van der Waals surface area contributed by atoms with E-state index in [0.29, 0.717) is 25.6 Å². The number of rotatable bonds is 3. The molecule has 1 aliphatic carbocycles. The van der Waals surface area contributed by atoms with E-state index in [9.17, 15) is 9.59 Å². The van der Waals surface area contributed by atoms with Gasteiger partial charge in [-0.3, -0.25) is 9.59 Å². The van der Waals surface area contributed by atoms with Crippen LogP contribution in [0.4, 0.5) is 0 Å². The molecule has 1 spiro atoms. The molecule has 31 heavy (non-hydrogen) atoms. The molecule has 2 aromatic carbocycles. The van der Waals surface area contributed by atoms with E-state index in [-0.39, 0.29) is 23.1 Å². The van der Waals surface area contributed by atoms with Gasteiger partial charge in [0.1, 0.15) is 0 Å². The molecule has 0 bridgehead atoms. The maximum atomic E-state index is 13.5. The van der Waals surface area contributed by atoms with Gasteiger partial charge in [0.05, 0.1) is 5.41 Å². The zero-order valence-corrected chi connectivity index (χ0v) is 18.8. The smallest absolute Gasteiger partial charge is 0.229 e. The fraction of sp³-hybridized carbons (Fsp3) is 0.462. The third-order valence-corrected chi connectivity index (χ3v) is 7.82. The molecule has 1 saturated heterocycles. The van der Waals surface area contributed by atoms with Crippen molar-refractivity contribution in [1.29, 1.82) is 0 Å². The Kier molecular flexibility index (Phi) is 5.29. The zero-order chi connectivity index (χ0) is 21.6. The Balaban J connectivity index is 1.28. The number of hydrogen-bond donors (Lipinski definition) is 0. The Labute approximate surface area is 189 Å². The van der Waals surface area contributed by atoms with Crippen LogP contribution in [0, 0.1) is 11.3 Å². The summed E-state index contributed by atoms with van der Waals surface area (Å²) in [7, 11) is 0. The number of benzene rings is 2. The van der Waals surface area contributed by atoms with E-state index in [0.717, 1.165) is 37.3 Å². The van der Waals surface area contributed by atoms with Gasteiger partial charge >= 0.3 is 0 Å². The summed E-state index contributed by atoms with van der Waals surface area (Å²) in [5.74, 6) is 0.905. The molecule has 2 aromatic rings. The van der Waals surface area contributed by atoms with Crippen LogP contribution in [0.2, 0.25) is 5.02 Å². The lowest BCUT2D eigenvalue weighted by atomic mass is 9.72. The highest BCUT2D eigenvalue weighted by molar-refractivity contribution is 6.30. The van der Waals surface area contributed by atoms with Gasteiger partial charge in [-0.25, -0.2) is 0 Å². The van der Waals surface area contributed by atoms with E-state index in [1.165, 1.54) is 16.7 Å². The highest BCUT2D eigenvalue weighted by Gasteiger charge is 2.50. The molecule has 1 saturated carbocycles. The van der Waals surface area contributed by atoms with Crippen LogP contribution >= 0.6 is 11.6 Å². The van der Waals surface area contributed by atoms with Crippen LogP contribution in [0.3, 0.4) is 0 Å². The predicted molar refractivity (Wildman–Crippen MR) is 122 cm³/mol. The number of amides is 2. The summed E-state index contributed by atoms with van der Waals surface area (Å²) in [4.78, 5) is 30.7. The molecule has 2 fully saturated rings. The van der Waals surface area contributed by atoms with Gasteiger partial charge in [0.2, 0.25) is 11.8 Å². The molecule has 5 rings (SSSR count). The minimum atomic E-state index is -0.376. The highest BCUT2D eigenvalue weighted by atomic mass is 35.5. The van der Waals surface area contributed by atoms with Crippen molar-refractivity contribution in [3.8, 4) is 0 Å². The third kappa shape index (κ3) is 3.76. The van der Waals surface area contributed by atoms with Gasteiger partial charge in [0, 0.05) is 37.1 Å². The minimum Gasteiger partial charge on any atom is -0.342 e. The first-order chi connectivity index (χ1) is 15.0. The third-order valence-electron chi connectivity index (χ3n) is 7.57. The summed E-state index contributed by atoms with van der Waals surface area (Å²) in [6.45, 7) is 4.83. The van der Waals surface area contributed by atoms with Gasteiger partial charge < -0.3 is 9.80 Å². The fourth-order valence-electron chi connectivity index (χ4n) is 5.52. The van der Waals surface area contributed by atoms with Gasteiger partial charge in [-0.15, -0.1) is 0 Å². The molecule has 2 amide bonds. The van der Waals surface area contributed by atoms with Crippen molar-refractivity contribution in [2.24, 2.45) is 11.3 Å². The SMILES string of the molecule is CCN1Cc2ccccc2CC2(CCN(C(=O)C3CC3c3ccc(Cl)cc3)CC2)C1=O. The van der Waals surface area contributed by atoms with Crippen molar-refractivity contribution >= 4 is 23.4 Å². The average Bonchev–Trinajstić information content (AvgIpc) is 3.60. The van der Waals surface area contributed by atoms with Crippen molar-refractivity contribution in [2.75, 3.05) is 19.6 Å². The lowest BCUT2D eigenvalue weighted by Gasteiger charge is -2.42. The van der Waals surface area contributed by atoms with Crippen molar-refractivity contribution in [1.82, 2.24) is 9.80 Å². The van der Waals surface area contributed by atoms with E-state index in [1.807, 2.05) is 34.1 Å². The average molecular weight is 437 g/mol. The van der Waals surface area contributed by atoms with Crippen molar-refractivity contribution in [2.45, 2.75) is 45.1 Å². The number of hydrogen-bond acceptors (Lipinski definition) is 2. The first-order valence-electron chi connectivity index (χ1n) is 11.4. The predicted octanol–water partition coefficient (Wildman–Crippen LogP) is 4.66. The quantitative estimate of drug-likeness (QED) is 0.702. The van der Waals surface area contributed by atoms with Crippen LogP contribution < -0.4 is 0 Å². The van der Waals surface area contributed by atoms with Crippen molar-refractivity contribution < 1.29 is 9.59 Å². The second-order valence-corrected chi connectivity index (χ2v) is 9.81. The molecule has 0 aromatic heterocycles. The summed E-state index contributed by atoms with van der Waals surface area (Å²) < 4.78 is 0. The van der Waals surface area contributed by atoms with Gasteiger partial charge in [-0.05, 0) is 67.3 Å². The van der Waals surface area contributed by atoms with E-state index < -0.39 is 0 Å². The molecule has 2 unspecified atom stereocenters. The largest absolute Gasteiger partial charge is 0.342 e. The Bertz CT molecular complexity index is 995. The van der Waals surface area contributed by atoms with E-state index >= 15 is 0 Å². The molecule has 0 N–H and O–H groups in total. The lowest BCUT2D eigenvalue weighted by Crippen LogP contribution is -2.51. The maximum absolute atomic E-state index is 13.5. The van der Waals surface area contributed by atoms with Crippen LogP contribution in [-0.2, 0) is 22.6 Å². The fourth-order valence-corrected chi connectivity index (χ4v) is 5.65. The Morgan fingerprint density at radius 3 is 2.42 bits per heavy atom. The van der Waals surface area contributed by atoms with Crippen molar-refractivity contribution in [3.63, 3.8) is 0 Å². The summed E-state index contributed by atoms with van der Waals surface area (Å²) in [5, 5.41) is 0.726. The van der Waals surface area contributed by atoms with Crippen LogP contribution in [-0.4, -0.2) is 41.2 Å². The van der Waals surface area contributed by atoms with Crippen LogP contribution in [0.25, 0.3) is 0 Å². The molecule has 2 atom stereocenters. The summed E-state index contributed by atoms with van der Waals surface area (Å²) in [5.41, 5.74) is 3.37. The Hall–Kier alpha value is -2.33. The van der Waals surface area contributed by atoms with Gasteiger partial charge in [-0.1, -0.05) is 48.0 Å². The number of piperidine rings is 1. The van der Waals surface area contributed by atoms with Gasteiger partial charge in [-0.2, -0.15) is 0 Å². The molecule has 4 nitrogen and oxygen atoms in total. The normalized spacial score (nSPS) is 24.6. The first kappa shape index (κ1) is 20.6. The van der Waals surface area contributed by atoms with E-state index in [1.54, 1.807) is 0 Å². The van der Waals surface area contributed by atoms with Crippen LogP contribution in [0.15, 0.2) is 48.5 Å². The summed E-state index contributed by atoms with van der Waals surface area (Å²) in [6, 6.07) is 16.3. The number of likely N-dealkylation sites (tertiary alicyclic amines) is 1. The van der Waals surface area contributed by atoms with Gasteiger partial charge in [0.15, 0.2) is 0 Å². The second-order valence-electron chi connectivity index (χ2n) is 9.37. The molecule has 3 aliphatic rings. The molecular weight excluding hydrogens is 408 g/mol. The van der Waals surface area contributed by atoms with Gasteiger partial charge in [0.25, 0.3) is 0 Å². The number of halogens is 1. The molecule has 5 heteroatoms. The molecule has 2 heterocycles. The molecule has 162 valence electrons. The number of fused-ring (bicyclic) bond motifs is 1. The zero-order valence-electron chi connectivity index (χ0n) is 18.0. The van der Waals surface area contributed by atoms with Crippen LogP contribution in [0.5, 0.6) is 0 Å². The monoisotopic (exact) mass is 436 g/mol. The summed E-state index contributed by atoms with van der Waals surface area (Å²) >= 11 is 6.00. The maximum Gasteiger partial charge on any atom is 0.229 e. The standard InChI is InChI=1S/C26H29ClN2O2/c1-2-28-17-20-6-4-3-5-19(20)16-26(25(28)31)11-13-29(14-12-26)24(30)23-15-22(23)18-7-9-21(27)10-8-18/h3-10,22-23H,2,11-17H2,1H3. The molecular formula is C26H29ClN2O2. The van der Waals surface area contributed by atoms with E-state index in [4.69, 9.17) is 11.6 Å². The number of carbonyl (C=O) groups excluding carboxylic acids is 2. The molecule has 0 radical (unpaired) electrons. The Morgan fingerprint density at radius 1 is 1.06 bits per heavy atom. The lowest BCUT2D eigenvalue weighted by molar-refractivity contribution is -0.148. The van der Waals surface area contributed by atoms with Crippen LogP contribution in [0.1, 0.15) is 48.8 Å².